The number of rotatable bonds is 4. The Hall–Kier alpha value is -3.23. The molecule has 0 radical (unpaired) electrons. The molecule has 1 saturated carbocycles. The van der Waals surface area contributed by atoms with Gasteiger partial charge in [-0.25, -0.2) is 9.78 Å². The molecule has 3 heterocycles. The molecule has 32 heavy (non-hydrogen) atoms. The van der Waals surface area contributed by atoms with Gasteiger partial charge in [-0.05, 0) is 49.1 Å². The summed E-state index contributed by atoms with van der Waals surface area (Å²) in [5, 5.41) is 2.84. The Balaban J connectivity index is 1.43. The lowest BCUT2D eigenvalue weighted by Crippen LogP contribution is -2.54. The highest BCUT2D eigenvalue weighted by molar-refractivity contribution is 6.08. The smallest absolute Gasteiger partial charge is 0.326 e. The molecule has 0 unspecified atom stereocenters. The molecule has 1 saturated heterocycles. The fourth-order valence-electron chi connectivity index (χ4n) is 5.31. The largest absolute Gasteiger partial charge is 0.458 e. The maximum Gasteiger partial charge on any atom is 0.326 e. The number of esters is 1. The van der Waals surface area contributed by atoms with Crippen molar-refractivity contribution in [1.82, 2.24) is 19.6 Å². The quantitative estimate of drug-likeness (QED) is 0.576. The predicted octanol–water partition coefficient (Wildman–Crippen LogP) is 2.18. The summed E-state index contributed by atoms with van der Waals surface area (Å²) < 4.78 is 6.65. The molecule has 170 valence electrons. The molecule has 1 N–H and O–H groups in total. The highest BCUT2D eigenvalue weighted by Crippen LogP contribution is 2.46. The summed E-state index contributed by atoms with van der Waals surface area (Å²) in [5.41, 5.74) is 0.317. The van der Waals surface area contributed by atoms with Crippen molar-refractivity contribution in [3.05, 3.63) is 46.0 Å². The molecule has 9 heteroatoms. The van der Waals surface area contributed by atoms with Gasteiger partial charge in [0.2, 0.25) is 0 Å². The van der Waals surface area contributed by atoms with Crippen LogP contribution in [0.25, 0.3) is 5.65 Å². The summed E-state index contributed by atoms with van der Waals surface area (Å²) in [6.45, 7) is 7.41. The zero-order valence-electron chi connectivity index (χ0n) is 18.8. The molecule has 1 aliphatic heterocycles. The Morgan fingerprint density at radius 1 is 1.25 bits per heavy atom. The van der Waals surface area contributed by atoms with Crippen molar-refractivity contribution in [3.63, 3.8) is 0 Å². The van der Waals surface area contributed by atoms with Gasteiger partial charge in [0.15, 0.2) is 0 Å². The zero-order valence-corrected chi connectivity index (χ0v) is 18.8. The topological polar surface area (TPSA) is 110 Å². The first-order valence-corrected chi connectivity index (χ1v) is 10.8. The van der Waals surface area contributed by atoms with Gasteiger partial charge >= 0.3 is 12.0 Å². The molecule has 4 rings (SSSR count). The lowest BCUT2D eigenvalue weighted by Gasteiger charge is -2.43. The van der Waals surface area contributed by atoms with Crippen molar-refractivity contribution in [2.75, 3.05) is 6.54 Å². The number of nitrogens with one attached hydrogen (secondary N) is 1. The summed E-state index contributed by atoms with van der Waals surface area (Å²) in [4.78, 5) is 55.6. The number of imide groups is 1. The van der Waals surface area contributed by atoms with Crippen molar-refractivity contribution in [2.24, 2.45) is 11.3 Å². The van der Waals surface area contributed by atoms with E-state index in [9.17, 15) is 19.2 Å². The van der Waals surface area contributed by atoms with Crippen LogP contribution in [0, 0.1) is 18.3 Å². The number of aromatic nitrogens is 2. The molecule has 2 aromatic rings. The van der Waals surface area contributed by atoms with Crippen LogP contribution in [0.1, 0.15) is 51.3 Å². The number of ether oxygens (including phenoxy) is 1. The fourth-order valence-corrected chi connectivity index (χ4v) is 5.31. The number of aryl methyl sites for hydroxylation is 1. The number of carbonyl (C=O) groups is 3. The molecular formula is C23H28N4O5. The maximum atomic E-state index is 13.1. The van der Waals surface area contributed by atoms with Crippen LogP contribution in [0.4, 0.5) is 4.79 Å². The van der Waals surface area contributed by atoms with Crippen LogP contribution >= 0.6 is 0 Å². The summed E-state index contributed by atoms with van der Waals surface area (Å²) in [5.74, 6) is -0.840. The Morgan fingerprint density at radius 2 is 2.00 bits per heavy atom. The minimum atomic E-state index is -0.967. The van der Waals surface area contributed by atoms with E-state index < -0.39 is 24.1 Å². The Bertz CT molecular complexity index is 1170. The maximum absolute atomic E-state index is 13.1. The predicted molar refractivity (Wildman–Crippen MR) is 116 cm³/mol. The standard InChI is InChI=1S/C23H28N4O5/c1-14-5-6-17-24-16(7-18(28)26(17)10-14)12-32-19(29)11-27-20(30)23(25-21(27)31)9-15(2)8-22(3,4)13-23/h5-7,10,15H,8-9,11-13H2,1-4H3,(H,25,31)/t15-,23-/m0/s1. The number of hydrogen-bond donors (Lipinski definition) is 1. The number of carbonyl (C=O) groups excluding carboxylic acids is 3. The van der Waals surface area contributed by atoms with Gasteiger partial charge in [0.1, 0.15) is 24.3 Å². The van der Waals surface area contributed by atoms with Gasteiger partial charge in [-0.1, -0.05) is 26.8 Å². The Morgan fingerprint density at radius 3 is 2.72 bits per heavy atom. The van der Waals surface area contributed by atoms with E-state index in [1.54, 1.807) is 12.3 Å². The van der Waals surface area contributed by atoms with Crippen LogP contribution in [0.3, 0.4) is 0 Å². The third-order valence-corrected chi connectivity index (χ3v) is 6.15. The molecule has 9 nitrogen and oxygen atoms in total. The first kappa shape index (κ1) is 22.0. The van der Waals surface area contributed by atoms with Crippen LogP contribution in [0.15, 0.2) is 29.2 Å². The molecular weight excluding hydrogens is 412 g/mol. The normalized spacial score (nSPS) is 24.8. The fraction of sp³-hybridized carbons (Fsp3) is 0.522. The van der Waals surface area contributed by atoms with Crippen LogP contribution in [0.2, 0.25) is 0 Å². The summed E-state index contributed by atoms with van der Waals surface area (Å²) in [7, 11) is 0. The van der Waals surface area contributed by atoms with E-state index in [0.29, 0.717) is 24.2 Å². The molecule has 2 aliphatic rings. The second-order valence-electron chi connectivity index (χ2n) is 9.94. The Kier molecular flexibility index (Phi) is 5.30. The number of pyridine rings is 1. The first-order valence-electron chi connectivity index (χ1n) is 10.8. The SMILES string of the molecule is Cc1ccc2nc(COC(=O)CN3C(=O)N[C@]4(C[C@@H](C)CC(C)(C)C4)C3=O)cc(=O)n2c1. The molecule has 1 spiro atoms. The molecule has 2 atom stereocenters. The molecule has 0 aromatic carbocycles. The van der Waals surface area contributed by atoms with E-state index in [0.717, 1.165) is 16.9 Å². The van der Waals surface area contributed by atoms with Gasteiger partial charge < -0.3 is 10.1 Å². The van der Waals surface area contributed by atoms with E-state index >= 15 is 0 Å². The number of fused-ring (bicyclic) bond motifs is 1. The second-order valence-corrected chi connectivity index (χ2v) is 9.94. The Labute approximate surface area is 185 Å². The average molecular weight is 441 g/mol. The van der Waals surface area contributed by atoms with Crippen LogP contribution in [0.5, 0.6) is 0 Å². The number of nitrogens with zero attached hydrogens (tertiary/aromatic N) is 3. The van der Waals surface area contributed by atoms with E-state index in [2.05, 4.69) is 31.1 Å². The van der Waals surface area contributed by atoms with E-state index in [1.807, 2.05) is 13.0 Å². The van der Waals surface area contributed by atoms with Crippen LogP contribution in [-0.2, 0) is 20.9 Å². The molecule has 0 bridgehead atoms. The molecule has 2 aromatic heterocycles. The lowest BCUT2D eigenvalue weighted by atomic mass is 9.64. The minimum absolute atomic E-state index is 0.0918. The summed E-state index contributed by atoms with van der Waals surface area (Å²) >= 11 is 0. The van der Waals surface area contributed by atoms with Crippen molar-refractivity contribution in [2.45, 2.75) is 59.1 Å². The highest BCUT2D eigenvalue weighted by atomic mass is 16.5. The van der Waals surface area contributed by atoms with Gasteiger partial charge in [0.05, 0.1) is 5.69 Å². The van der Waals surface area contributed by atoms with Crippen LogP contribution in [-0.4, -0.2) is 44.3 Å². The minimum Gasteiger partial charge on any atom is -0.458 e. The van der Waals surface area contributed by atoms with Gasteiger partial charge in [-0.2, -0.15) is 0 Å². The molecule has 2 fully saturated rings. The molecule has 3 amide bonds. The van der Waals surface area contributed by atoms with Gasteiger partial charge in [-0.3, -0.25) is 23.7 Å². The zero-order chi connectivity index (χ0) is 23.3. The van der Waals surface area contributed by atoms with E-state index in [1.165, 1.54) is 10.5 Å². The van der Waals surface area contributed by atoms with E-state index in [-0.39, 0.29) is 29.4 Å². The monoisotopic (exact) mass is 440 g/mol. The van der Waals surface area contributed by atoms with Crippen molar-refractivity contribution >= 4 is 23.6 Å². The third-order valence-electron chi connectivity index (χ3n) is 6.15. The third kappa shape index (κ3) is 4.11. The number of hydrogen-bond acceptors (Lipinski definition) is 6. The van der Waals surface area contributed by atoms with Crippen LogP contribution < -0.4 is 10.9 Å². The van der Waals surface area contributed by atoms with Crippen molar-refractivity contribution in [3.8, 4) is 0 Å². The molecule has 1 aliphatic carbocycles. The number of amides is 3. The summed E-state index contributed by atoms with van der Waals surface area (Å²) in [6, 6.07) is 4.27. The first-order chi connectivity index (χ1) is 15.0. The lowest BCUT2D eigenvalue weighted by molar-refractivity contribution is -0.149. The second kappa shape index (κ2) is 7.72. The van der Waals surface area contributed by atoms with E-state index in [4.69, 9.17) is 4.74 Å². The van der Waals surface area contributed by atoms with Crippen molar-refractivity contribution < 1.29 is 19.1 Å². The van der Waals surface area contributed by atoms with Gasteiger partial charge in [-0.15, -0.1) is 0 Å². The van der Waals surface area contributed by atoms with Gasteiger partial charge in [0, 0.05) is 12.3 Å². The summed E-state index contributed by atoms with van der Waals surface area (Å²) in [6.07, 6.45) is 3.74. The average Bonchev–Trinajstić information content (AvgIpc) is 2.88. The highest BCUT2D eigenvalue weighted by Gasteiger charge is 2.56. The van der Waals surface area contributed by atoms with Gasteiger partial charge in [0.25, 0.3) is 11.5 Å². The van der Waals surface area contributed by atoms with Crippen molar-refractivity contribution in [1.29, 1.82) is 0 Å². The number of urea groups is 1.